The standard InChI is InChI=1S/C22H22F3N5O2/c1-27-17-7-6-16(10-15(17)11-26)29(2)18-5-3-4-14-8-9-30(21(32)20(14)18)12-19(31)28-13-22(23,24)25/h3-11,26-27H,12-13H2,1-2H3,(H,28,31). The number of benzene rings is 2. The van der Waals surface area contributed by atoms with Gasteiger partial charge in [0, 0.05) is 43.4 Å². The molecule has 168 valence electrons. The van der Waals surface area contributed by atoms with E-state index >= 15 is 0 Å². The largest absolute Gasteiger partial charge is 0.405 e. The second kappa shape index (κ2) is 9.13. The highest BCUT2D eigenvalue weighted by atomic mass is 19.4. The molecule has 0 aliphatic rings. The minimum Gasteiger partial charge on any atom is -0.388 e. The van der Waals surface area contributed by atoms with Crippen molar-refractivity contribution in [2.75, 3.05) is 30.9 Å². The molecule has 0 aliphatic carbocycles. The van der Waals surface area contributed by atoms with Crippen molar-refractivity contribution >= 4 is 40.0 Å². The number of rotatable bonds is 7. The Balaban J connectivity index is 2.00. The Bertz CT molecular complexity index is 1220. The highest BCUT2D eigenvalue weighted by molar-refractivity contribution is 5.96. The molecule has 3 aromatic rings. The molecule has 3 N–H and O–H groups in total. The van der Waals surface area contributed by atoms with Crippen molar-refractivity contribution in [1.29, 1.82) is 5.41 Å². The lowest BCUT2D eigenvalue weighted by molar-refractivity contribution is -0.138. The van der Waals surface area contributed by atoms with Crippen LogP contribution in [0.3, 0.4) is 0 Å². The van der Waals surface area contributed by atoms with Crippen molar-refractivity contribution in [3.8, 4) is 0 Å². The molecule has 1 amide bonds. The molecule has 0 saturated carbocycles. The molecule has 0 atom stereocenters. The highest BCUT2D eigenvalue weighted by Crippen LogP contribution is 2.31. The number of carbonyl (C=O) groups excluding carboxylic acids is 1. The average molecular weight is 445 g/mol. The monoisotopic (exact) mass is 445 g/mol. The Morgan fingerprint density at radius 2 is 1.97 bits per heavy atom. The van der Waals surface area contributed by atoms with Crippen molar-refractivity contribution in [3.05, 3.63) is 64.6 Å². The molecule has 10 heteroatoms. The summed E-state index contributed by atoms with van der Waals surface area (Å²) >= 11 is 0. The lowest BCUT2D eigenvalue weighted by atomic mass is 10.1. The van der Waals surface area contributed by atoms with Gasteiger partial charge >= 0.3 is 6.18 Å². The van der Waals surface area contributed by atoms with Crippen molar-refractivity contribution in [2.24, 2.45) is 0 Å². The summed E-state index contributed by atoms with van der Waals surface area (Å²) in [6, 6.07) is 12.4. The molecule has 0 saturated heterocycles. The predicted molar refractivity (Wildman–Crippen MR) is 119 cm³/mol. The fraction of sp³-hybridized carbons (Fsp3) is 0.227. The number of hydrogen-bond donors (Lipinski definition) is 3. The van der Waals surface area contributed by atoms with Crippen LogP contribution in [0.15, 0.2) is 53.5 Å². The zero-order valence-electron chi connectivity index (χ0n) is 17.5. The third kappa shape index (κ3) is 4.90. The van der Waals surface area contributed by atoms with Crippen molar-refractivity contribution in [2.45, 2.75) is 12.7 Å². The molecule has 0 unspecified atom stereocenters. The molecule has 0 spiro atoms. The van der Waals surface area contributed by atoms with E-state index in [1.165, 1.54) is 12.4 Å². The number of amides is 1. The summed E-state index contributed by atoms with van der Waals surface area (Å²) in [6.45, 7) is -1.99. The number of anilines is 3. The van der Waals surface area contributed by atoms with Crippen LogP contribution >= 0.6 is 0 Å². The van der Waals surface area contributed by atoms with Crippen molar-refractivity contribution in [1.82, 2.24) is 9.88 Å². The SMILES string of the molecule is CNc1ccc(N(C)c2cccc3ccn(CC(=O)NCC(F)(F)F)c(=O)c23)cc1C=N. The minimum atomic E-state index is -4.53. The van der Waals surface area contributed by atoms with Crippen LogP contribution in [0.1, 0.15) is 5.56 Å². The molecule has 0 bridgehead atoms. The summed E-state index contributed by atoms with van der Waals surface area (Å²) in [7, 11) is 3.52. The Morgan fingerprint density at radius 1 is 1.22 bits per heavy atom. The Kier molecular flexibility index (Phi) is 6.52. The van der Waals surface area contributed by atoms with Gasteiger partial charge in [-0.3, -0.25) is 9.59 Å². The first kappa shape index (κ1) is 22.9. The fourth-order valence-electron chi connectivity index (χ4n) is 3.37. The van der Waals surface area contributed by atoms with Gasteiger partial charge in [0.25, 0.3) is 5.56 Å². The quantitative estimate of drug-likeness (QED) is 0.486. The maximum atomic E-state index is 13.1. The van der Waals surface area contributed by atoms with Gasteiger partial charge in [-0.25, -0.2) is 0 Å². The number of aromatic nitrogens is 1. The van der Waals surface area contributed by atoms with E-state index in [1.807, 2.05) is 12.1 Å². The molecule has 3 rings (SSSR count). The maximum absolute atomic E-state index is 13.1. The topological polar surface area (TPSA) is 90.2 Å². The smallest absolute Gasteiger partial charge is 0.388 e. The van der Waals surface area contributed by atoms with Crippen LogP contribution in [-0.2, 0) is 11.3 Å². The van der Waals surface area contributed by atoms with Crippen LogP contribution < -0.4 is 21.1 Å². The van der Waals surface area contributed by atoms with E-state index in [4.69, 9.17) is 5.41 Å². The van der Waals surface area contributed by atoms with Gasteiger partial charge in [-0.2, -0.15) is 13.2 Å². The third-order valence-corrected chi connectivity index (χ3v) is 4.99. The van der Waals surface area contributed by atoms with Gasteiger partial charge in [0.15, 0.2) is 0 Å². The molecule has 32 heavy (non-hydrogen) atoms. The normalized spacial score (nSPS) is 11.3. The molecular formula is C22H22F3N5O2. The van der Waals surface area contributed by atoms with E-state index in [1.54, 1.807) is 54.6 Å². The zero-order valence-corrected chi connectivity index (χ0v) is 17.5. The number of alkyl halides is 3. The van der Waals surface area contributed by atoms with Crippen LogP contribution in [-0.4, -0.2) is 43.5 Å². The summed E-state index contributed by atoms with van der Waals surface area (Å²) < 4.78 is 38.1. The van der Waals surface area contributed by atoms with Gasteiger partial charge in [-0.05, 0) is 35.7 Å². The van der Waals surface area contributed by atoms with E-state index < -0.39 is 30.7 Å². The molecular weight excluding hydrogens is 423 g/mol. The van der Waals surface area contributed by atoms with Crippen molar-refractivity contribution < 1.29 is 18.0 Å². The van der Waals surface area contributed by atoms with E-state index in [-0.39, 0.29) is 0 Å². The zero-order chi connectivity index (χ0) is 23.5. The average Bonchev–Trinajstić information content (AvgIpc) is 2.77. The summed E-state index contributed by atoms with van der Waals surface area (Å²) in [5.74, 6) is -0.909. The van der Waals surface area contributed by atoms with Crippen molar-refractivity contribution in [3.63, 3.8) is 0 Å². The van der Waals surface area contributed by atoms with Gasteiger partial charge in [-0.15, -0.1) is 0 Å². The Morgan fingerprint density at radius 3 is 2.62 bits per heavy atom. The van der Waals surface area contributed by atoms with Gasteiger partial charge in [0.05, 0.1) is 11.1 Å². The van der Waals surface area contributed by atoms with Crippen LogP contribution in [0.25, 0.3) is 10.8 Å². The van der Waals surface area contributed by atoms with E-state index in [2.05, 4.69) is 5.32 Å². The molecule has 0 aliphatic heterocycles. The predicted octanol–water partition coefficient (Wildman–Crippen LogP) is 3.49. The summed E-state index contributed by atoms with van der Waals surface area (Å²) in [6.07, 6.45) is -1.92. The van der Waals surface area contributed by atoms with E-state index in [0.29, 0.717) is 22.0 Å². The van der Waals surface area contributed by atoms with Gasteiger partial charge in [0.1, 0.15) is 13.1 Å². The van der Waals surface area contributed by atoms with Crippen LogP contribution in [0, 0.1) is 5.41 Å². The Labute approximate surface area is 182 Å². The second-order valence-electron chi connectivity index (χ2n) is 7.11. The van der Waals surface area contributed by atoms with Crippen LogP contribution in [0.4, 0.5) is 30.2 Å². The fourth-order valence-corrected chi connectivity index (χ4v) is 3.37. The lowest BCUT2D eigenvalue weighted by Gasteiger charge is -2.22. The minimum absolute atomic E-state index is 0.329. The first-order chi connectivity index (χ1) is 15.1. The van der Waals surface area contributed by atoms with Crippen LogP contribution in [0.2, 0.25) is 0 Å². The number of pyridine rings is 1. The van der Waals surface area contributed by atoms with E-state index in [0.717, 1.165) is 15.9 Å². The molecule has 1 heterocycles. The highest BCUT2D eigenvalue weighted by Gasteiger charge is 2.27. The molecule has 0 fully saturated rings. The number of nitrogens with zero attached hydrogens (tertiary/aromatic N) is 2. The number of hydrogen-bond acceptors (Lipinski definition) is 5. The number of fused-ring (bicyclic) bond motifs is 1. The Hall–Kier alpha value is -3.82. The number of halogens is 3. The van der Waals surface area contributed by atoms with Gasteiger partial charge in [0.2, 0.25) is 5.91 Å². The molecule has 1 aromatic heterocycles. The number of carbonyl (C=O) groups is 1. The molecule has 0 radical (unpaired) electrons. The summed E-state index contributed by atoms with van der Waals surface area (Å²) in [4.78, 5) is 26.8. The first-order valence-electron chi connectivity index (χ1n) is 9.66. The van der Waals surface area contributed by atoms with Gasteiger partial charge < -0.3 is 25.5 Å². The summed E-state index contributed by atoms with van der Waals surface area (Å²) in [5, 5.41) is 13.4. The number of nitrogens with one attached hydrogen (secondary N) is 3. The second-order valence-corrected chi connectivity index (χ2v) is 7.11. The first-order valence-corrected chi connectivity index (χ1v) is 9.66. The third-order valence-electron chi connectivity index (χ3n) is 4.99. The molecule has 2 aromatic carbocycles. The van der Waals surface area contributed by atoms with E-state index in [9.17, 15) is 22.8 Å². The molecule has 7 nitrogen and oxygen atoms in total. The van der Waals surface area contributed by atoms with Gasteiger partial charge in [-0.1, -0.05) is 12.1 Å². The van der Waals surface area contributed by atoms with Crippen LogP contribution in [0.5, 0.6) is 0 Å². The summed E-state index contributed by atoms with van der Waals surface area (Å²) in [5.41, 5.74) is 2.24. The maximum Gasteiger partial charge on any atom is 0.405 e. The lowest BCUT2D eigenvalue weighted by Crippen LogP contribution is -2.37.